The molecule has 6 nitrogen and oxygen atoms in total. The van der Waals surface area contributed by atoms with Crippen LogP contribution in [0.1, 0.15) is 26.5 Å². The van der Waals surface area contributed by atoms with E-state index in [4.69, 9.17) is 9.15 Å². The Morgan fingerprint density at radius 2 is 2.00 bits per heavy atom. The molecule has 2 aromatic rings. The maximum atomic E-state index is 12.9. The van der Waals surface area contributed by atoms with Crippen LogP contribution >= 0.6 is 24.0 Å². The fourth-order valence-electron chi connectivity index (χ4n) is 2.27. The fourth-order valence-corrected chi connectivity index (χ4v) is 2.27. The summed E-state index contributed by atoms with van der Waals surface area (Å²) in [5, 5.41) is 16.8. The Kier molecular flexibility index (Phi) is 9.57. The molecule has 0 spiro atoms. The first-order chi connectivity index (χ1) is 12.4. The van der Waals surface area contributed by atoms with E-state index in [1.165, 1.54) is 18.4 Å². The van der Waals surface area contributed by atoms with Gasteiger partial charge >= 0.3 is 0 Å². The van der Waals surface area contributed by atoms with Crippen LogP contribution in [0.15, 0.2) is 52.1 Å². The highest BCUT2D eigenvalue weighted by Gasteiger charge is 2.26. The molecule has 150 valence electrons. The third-order valence-electron chi connectivity index (χ3n) is 3.65. The van der Waals surface area contributed by atoms with E-state index in [1.54, 1.807) is 31.2 Å². The number of furan rings is 1. The fraction of sp³-hybridized carbons (Fsp3) is 0.421. The standard InChI is InChI=1S/C19H26FN3O3.HI/c1-4-21-18(23-13-19(3,24)17-6-5-11-25-17)22-12-14(2)26-16-9-7-15(20)8-10-16;/h5-11,14,24H,4,12-13H2,1-3H3,(H2,21,22,23);1H. The number of aliphatic hydroxyl groups is 1. The summed E-state index contributed by atoms with van der Waals surface area (Å²) in [7, 11) is 0. The van der Waals surface area contributed by atoms with E-state index >= 15 is 0 Å². The molecule has 0 radical (unpaired) electrons. The van der Waals surface area contributed by atoms with Crippen LogP contribution in [-0.4, -0.2) is 36.8 Å². The molecule has 0 saturated heterocycles. The summed E-state index contributed by atoms with van der Waals surface area (Å²) < 4.78 is 23.9. The van der Waals surface area contributed by atoms with Crippen molar-refractivity contribution in [3.63, 3.8) is 0 Å². The lowest BCUT2D eigenvalue weighted by atomic mass is 10.0. The van der Waals surface area contributed by atoms with E-state index in [2.05, 4.69) is 15.6 Å². The zero-order valence-corrected chi connectivity index (χ0v) is 18.1. The van der Waals surface area contributed by atoms with Crippen molar-refractivity contribution in [2.75, 3.05) is 19.6 Å². The van der Waals surface area contributed by atoms with Crippen molar-refractivity contribution in [2.24, 2.45) is 4.99 Å². The third kappa shape index (κ3) is 7.76. The predicted molar refractivity (Wildman–Crippen MR) is 114 cm³/mol. The molecule has 0 amide bonds. The van der Waals surface area contributed by atoms with Crippen molar-refractivity contribution in [3.05, 3.63) is 54.2 Å². The van der Waals surface area contributed by atoms with Gasteiger partial charge in [-0.25, -0.2) is 9.38 Å². The molecule has 0 saturated carbocycles. The maximum Gasteiger partial charge on any atom is 0.191 e. The number of guanidine groups is 1. The molecule has 8 heteroatoms. The first kappa shape index (κ1) is 23.2. The largest absolute Gasteiger partial charge is 0.489 e. The minimum atomic E-state index is -1.19. The molecular formula is C19H27FIN3O3. The minimum Gasteiger partial charge on any atom is -0.489 e. The van der Waals surface area contributed by atoms with Crippen molar-refractivity contribution in [2.45, 2.75) is 32.5 Å². The van der Waals surface area contributed by atoms with Gasteiger partial charge in [-0.3, -0.25) is 0 Å². The predicted octanol–water partition coefficient (Wildman–Crippen LogP) is 3.27. The molecule has 2 unspecified atom stereocenters. The van der Waals surface area contributed by atoms with Gasteiger partial charge in [0.25, 0.3) is 0 Å². The Morgan fingerprint density at radius 3 is 2.59 bits per heavy atom. The van der Waals surface area contributed by atoms with Gasteiger partial charge in [-0.2, -0.15) is 0 Å². The number of halogens is 2. The van der Waals surface area contributed by atoms with Crippen LogP contribution in [0.2, 0.25) is 0 Å². The molecular weight excluding hydrogens is 464 g/mol. The quantitative estimate of drug-likeness (QED) is 0.300. The second-order valence-electron chi connectivity index (χ2n) is 6.21. The molecule has 27 heavy (non-hydrogen) atoms. The van der Waals surface area contributed by atoms with Crippen LogP contribution in [0, 0.1) is 5.82 Å². The summed E-state index contributed by atoms with van der Waals surface area (Å²) in [5.74, 6) is 1.33. The lowest BCUT2D eigenvalue weighted by molar-refractivity contribution is 0.0437. The van der Waals surface area contributed by atoms with E-state index in [0.29, 0.717) is 30.6 Å². The maximum absolute atomic E-state index is 12.9. The molecule has 1 aromatic heterocycles. The van der Waals surface area contributed by atoms with Gasteiger partial charge in [0.2, 0.25) is 0 Å². The van der Waals surface area contributed by atoms with Crippen LogP contribution in [-0.2, 0) is 5.60 Å². The van der Waals surface area contributed by atoms with Gasteiger partial charge in [-0.05, 0) is 57.2 Å². The van der Waals surface area contributed by atoms with Gasteiger partial charge in [0.15, 0.2) is 5.96 Å². The van der Waals surface area contributed by atoms with Crippen LogP contribution in [0.25, 0.3) is 0 Å². The molecule has 0 aliphatic rings. The lowest BCUT2D eigenvalue weighted by Gasteiger charge is -2.21. The molecule has 0 aliphatic heterocycles. The molecule has 0 bridgehead atoms. The summed E-state index contributed by atoms with van der Waals surface area (Å²) >= 11 is 0. The molecule has 1 aromatic carbocycles. The van der Waals surface area contributed by atoms with Crippen molar-refractivity contribution in [3.8, 4) is 5.75 Å². The Bertz CT molecular complexity index is 691. The number of nitrogens with one attached hydrogen (secondary N) is 2. The van der Waals surface area contributed by atoms with Crippen molar-refractivity contribution in [1.82, 2.24) is 10.6 Å². The zero-order valence-electron chi connectivity index (χ0n) is 15.7. The topological polar surface area (TPSA) is 79.0 Å². The number of hydrogen-bond donors (Lipinski definition) is 3. The van der Waals surface area contributed by atoms with Crippen LogP contribution < -0.4 is 15.4 Å². The van der Waals surface area contributed by atoms with Gasteiger partial charge in [-0.15, -0.1) is 24.0 Å². The van der Waals surface area contributed by atoms with Gasteiger partial charge in [-0.1, -0.05) is 0 Å². The first-order valence-corrected chi connectivity index (χ1v) is 8.61. The van der Waals surface area contributed by atoms with Gasteiger partial charge in [0.05, 0.1) is 19.4 Å². The van der Waals surface area contributed by atoms with E-state index in [1.807, 2.05) is 13.8 Å². The number of ether oxygens (including phenoxy) is 1. The third-order valence-corrected chi connectivity index (χ3v) is 3.65. The van der Waals surface area contributed by atoms with E-state index in [0.717, 1.165) is 0 Å². The van der Waals surface area contributed by atoms with Crippen LogP contribution in [0.3, 0.4) is 0 Å². The van der Waals surface area contributed by atoms with Gasteiger partial charge in [0.1, 0.15) is 29.0 Å². The SMILES string of the molecule is CCNC(=NCC(C)(O)c1ccco1)NCC(C)Oc1ccc(F)cc1.I. The summed E-state index contributed by atoms with van der Waals surface area (Å²) in [5.41, 5.74) is -1.19. The minimum absolute atomic E-state index is 0. The highest BCUT2D eigenvalue weighted by atomic mass is 127. The van der Waals surface area contributed by atoms with Crippen LogP contribution in [0.5, 0.6) is 5.75 Å². The first-order valence-electron chi connectivity index (χ1n) is 8.61. The van der Waals surface area contributed by atoms with Crippen molar-refractivity contribution in [1.29, 1.82) is 0 Å². The Balaban J connectivity index is 0.00000364. The smallest absolute Gasteiger partial charge is 0.191 e. The summed E-state index contributed by atoms with van der Waals surface area (Å²) in [6.45, 7) is 6.83. The molecule has 2 atom stereocenters. The molecule has 3 N–H and O–H groups in total. The molecule has 0 aliphatic carbocycles. The molecule has 2 rings (SSSR count). The average Bonchev–Trinajstić information content (AvgIpc) is 3.15. The van der Waals surface area contributed by atoms with Crippen LogP contribution in [0.4, 0.5) is 4.39 Å². The van der Waals surface area contributed by atoms with Gasteiger partial charge in [0, 0.05) is 6.54 Å². The van der Waals surface area contributed by atoms with E-state index in [9.17, 15) is 9.50 Å². The number of hydrogen-bond acceptors (Lipinski definition) is 4. The summed E-state index contributed by atoms with van der Waals surface area (Å²) in [6, 6.07) is 9.34. The average molecular weight is 491 g/mol. The lowest BCUT2D eigenvalue weighted by Crippen LogP contribution is -2.42. The Hall–Kier alpha value is -1.81. The molecule has 1 heterocycles. The highest BCUT2D eigenvalue weighted by Crippen LogP contribution is 2.21. The number of aliphatic imine (C=N–C) groups is 1. The van der Waals surface area contributed by atoms with Crippen molar-refractivity contribution < 1.29 is 18.7 Å². The number of rotatable bonds is 8. The zero-order chi connectivity index (χ0) is 19.0. The summed E-state index contributed by atoms with van der Waals surface area (Å²) in [6.07, 6.45) is 1.36. The number of benzene rings is 1. The highest BCUT2D eigenvalue weighted by molar-refractivity contribution is 14.0. The Morgan fingerprint density at radius 1 is 1.30 bits per heavy atom. The Labute approximate surface area is 176 Å². The van der Waals surface area contributed by atoms with Crippen molar-refractivity contribution >= 4 is 29.9 Å². The number of nitrogens with zero attached hydrogens (tertiary/aromatic N) is 1. The normalized spacial score (nSPS) is 14.6. The second-order valence-corrected chi connectivity index (χ2v) is 6.21. The second kappa shape index (κ2) is 11.1. The molecule has 0 fully saturated rings. The summed E-state index contributed by atoms with van der Waals surface area (Å²) in [4.78, 5) is 4.41. The monoisotopic (exact) mass is 491 g/mol. The van der Waals surface area contributed by atoms with E-state index < -0.39 is 5.60 Å². The van der Waals surface area contributed by atoms with Gasteiger partial charge < -0.3 is 24.9 Å². The van der Waals surface area contributed by atoms with E-state index in [-0.39, 0.29) is 42.4 Å².